The lowest BCUT2D eigenvalue weighted by molar-refractivity contribution is -0.133. The fraction of sp³-hybridized carbons (Fsp3) is 0.550. The van der Waals surface area contributed by atoms with Gasteiger partial charge in [0.1, 0.15) is 6.61 Å². The number of alkyl halides is 4. The molecule has 0 unspecified atom stereocenters. The Bertz CT molecular complexity index is 828. The van der Waals surface area contributed by atoms with E-state index in [1.54, 1.807) is 13.8 Å². The SMILES string of the molecule is CC(C)CN(CC(F)F)[C@@H](C(N)=O)C(=O)Nc1ccc(N2CCOCC2=O)cc1C(F)F. The van der Waals surface area contributed by atoms with Gasteiger partial charge < -0.3 is 20.7 Å². The molecule has 3 amide bonds. The summed E-state index contributed by atoms with van der Waals surface area (Å²) in [5, 5.41) is 2.21. The molecule has 12 heteroatoms. The van der Waals surface area contributed by atoms with Gasteiger partial charge in [-0.25, -0.2) is 17.6 Å². The molecular formula is C20H26F4N4O4. The first kappa shape index (κ1) is 25.5. The van der Waals surface area contributed by atoms with Gasteiger partial charge in [-0.05, 0) is 24.1 Å². The largest absolute Gasteiger partial charge is 0.370 e. The number of hydrogen-bond donors (Lipinski definition) is 2. The molecule has 1 heterocycles. The molecule has 0 saturated carbocycles. The molecule has 3 N–H and O–H groups in total. The zero-order chi connectivity index (χ0) is 24.0. The number of nitrogens with zero attached hydrogens (tertiary/aromatic N) is 2. The smallest absolute Gasteiger partial charge is 0.265 e. The van der Waals surface area contributed by atoms with Crippen molar-refractivity contribution in [1.29, 1.82) is 0 Å². The number of rotatable bonds is 10. The number of morpholine rings is 1. The van der Waals surface area contributed by atoms with Gasteiger partial charge in [-0.15, -0.1) is 0 Å². The molecule has 178 valence electrons. The van der Waals surface area contributed by atoms with Gasteiger partial charge in [0.25, 0.3) is 24.7 Å². The first-order chi connectivity index (χ1) is 15.0. The lowest BCUT2D eigenvalue weighted by atomic mass is 10.1. The van der Waals surface area contributed by atoms with Crippen LogP contribution in [0.5, 0.6) is 0 Å². The molecule has 1 saturated heterocycles. The molecular weight excluding hydrogens is 436 g/mol. The summed E-state index contributed by atoms with van der Waals surface area (Å²) in [5.74, 6) is -2.86. The van der Waals surface area contributed by atoms with E-state index in [-0.39, 0.29) is 43.6 Å². The van der Waals surface area contributed by atoms with Crippen molar-refractivity contribution in [3.8, 4) is 0 Å². The number of carbonyl (C=O) groups is 3. The number of nitrogens with one attached hydrogen (secondary N) is 1. The summed E-state index contributed by atoms with van der Waals surface area (Å²) < 4.78 is 58.4. The number of amides is 3. The number of nitrogens with two attached hydrogens (primary N) is 1. The highest BCUT2D eigenvalue weighted by Crippen LogP contribution is 2.32. The van der Waals surface area contributed by atoms with Crippen molar-refractivity contribution in [2.24, 2.45) is 11.7 Å². The standard InChI is InChI=1S/C20H26F4N4O4/c1-11(2)8-27(9-15(21)22)17(19(25)30)20(31)26-14-4-3-12(7-13(14)18(23)24)28-5-6-32-10-16(28)29/h3-4,7,11,15,17-18H,5-6,8-10H2,1-2H3,(H2,25,30)(H,26,31)/t17-/m0/s1. The van der Waals surface area contributed by atoms with Crippen molar-refractivity contribution in [2.45, 2.75) is 32.7 Å². The molecule has 1 atom stereocenters. The molecule has 8 nitrogen and oxygen atoms in total. The number of carbonyl (C=O) groups excluding carboxylic acids is 3. The van der Waals surface area contributed by atoms with Gasteiger partial charge in [-0.3, -0.25) is 19.3 Å². The maximum atomic E-state index is 13.7. The van der Waals surface area contributed by atoms with Crippen LogP contribution in [0.15, 0.2) is 18.2 Å². The Hall–Kier alpha value is -2.73. The fourth-order valence-electron chi connectivity index (χ4n) is 3.41. The predicted octanol–water partition coefficient (Wildman–Crippen LogP) is 2.00. The summed E-state index contributed by atoms with van der Waals surface area (Å²) in [5.41, 5.74) is 4.57. The molecule has 0 aliphatic carbocycles. The zero-order valence-corrected chi connectivity index (χ0v) is 17.7. The van der Waals surface area contributed by atoms with Gasteiger partial charge in [0.15, 0.2) is 6.04 Å². The summed E-state index contributed by atoms with van der Waals surface area (Å²) in [6, 6.07) is 1.79. The number of anilines is 2. The second-order valence-corrected chi connectivity index (χ2v) is 7.70. The second-order valence-electron chi connectivity index (χ2n) is 7.70. The number of hydrogen-bond acceptors (Lipinski definition) is 5. The van der Waals surface area contributed by atoms with Crippen molar-refractivity contribution in [1.82, 2.24) is 4.90 Å². The van der Waals surface area contributed by atoms with Crippen LogP contribution in [-0.2, 0) is 19.1 Å². The van der Waals surface area contributed by atoms with Gasteiger partial charge in [-0.1, -0.05) is 13.8 Å². The summed E-state index contributed by atoms with van der Waals surface area (Å²) in [6.07, 6.45) is -5.87. The van der Waals surface area contributed by atoms with E-state index in [0.717, 1.165) is 17.0 Å². The number of ether oxygens (including phenoxy) is 1. The summed E-state index contributed by atoms with van der Waals surface area (Å²) in [6.45, 7) is 2.71. The number of halogens is 4. The van der Waals surface area contributed by atoms with Crippen molar-refractivity contribution < 1.29 is 36.7 Å². The van der Waals surface area contributed by atoms with Crippen molar-refractivity contribution >= 4 is 29.1 Å². The first-order valence-corrected chi connectivity index (χ1v) is 9.93. The maximum Gasteiger partial charge on any atom is 0.265 e. The minimum absolute atomic E-state index is 0.0366. The van der Waals surface area contributed by atoms with Crippen molar-refractivity contribution in [2.75, 3.05) is 43.1 Å². The van der Waals surface area contributed by atoms with Crippen molar-refractivity contribution in [3.63, 3.8) is 0 Å². The molecule has 1 aliphatic heterocycles. The Morgan fingerprint density at radius 2 is 1.91 bits per heavy atom. The summed E-state index contributed by atoms with van der Waals surface area (Å²) in [7, 11) is 0. The lowest BCUT2D eigenvalue weighted by Gasteiger charge is -2.30. The third-order valence-corrected chi connectivity index (χ3v) is 4.68. The molecule has 1 aromatic carbocycles. The molecule has 0 aromatic heterocycles. The Morgan fingerprint density at radius 3 is 2.44 bits per heavy atom. The number of primary amides is 1. The molecule has 1 aromatic rings. The van der Waals surface area contributed by atoms with E-state index >= 15 is 0 Å². The van der Waals surface area contributed by atoms with E-state index in [9.17, 15) is 31.9 Å². The van der Waals surface area contributed by atoms with Gasteiger partial charge >= 0.3 is 0 Å². The van der Waals surface area contributed by atoms with Crippen LogP contribution in [0.4, 0.5) is 28.9 Å². The van der Waals surface area contributed by atoms with Crippen LogP contribution in [-0.4, -0.2) is 67.9 Å². The molecule has 1 aliphatic rings. The highest BCUT2D eigenvalue weighted by Gasteiger charge is 2.34. The zero-order valence-electron chi connectivity index (χ0n) is 17.7. The van der Waals surface area contributed by atoms with E-state index in [0.29, 0.717) is 0 Å². The van der Waals surface area contributed by atoms with Crippen LogP contribution in [0.1, 0.15) is 25.8 Å². The number of benzene rings is 1. The minimum atomic E-state index is -3.03. The Morgan fingerprint density at radius 1 is 1.22 bits per heavy atom. The molecule has 32 heavy (non-hydrogen) atoms. The minimum Gasteiger partial charge on any atom is -0.370 e. The predicted molar refractivity (Wildman–Crippen MR) is 109 cm³/mol. The fourth-order valence-corrected chi connectivity index (χ4v) is 3.41. The molecule has 0 bridgehead atoms. The normalized spacial score (nSPS) is 15.7. The van der Waals surface area contributed by atoms with Crippen LogP contribution in [0.2, 0.25) is 0 Å². The van der Waals surface area contributed by atoms with Crippen LogP contribution in [0.25, 0.3) is 0 Å². The highest BCUT2D eigenvalue weighted by molar-refractivity contribution is 6.10. The molecule has 2 rings (SSSR count). The maximum absolute atomic E-state index is 13.7. The molecule has 0 radical (unpaired) electrons. The van der Waals surface area contributed by atoms with Gasteiger partial charge in [0.05, 0.1) is 13.2 Å². The van der Waals surface area contributed by atoms with Crippen LogP contribution in [0, 0.1) is 5.92 Å². The highest BCUT2D eigenvalue weighted by atomic mass is 19.3. The lowest BCUT2D eigenvalue weighted by Crippen LogP contribution is -2.54. The van der Waals surface area contributed by atoms with E-state index in [4.69, 9.17) is 10.5 Å². The third kappa shape index (κ3) is 6.63. The van der Waals surface area contributed by atoms with Crippen LogP contribution >= 0.6 is 0 Å². The third-order valence-electron chi connectivity index (χ3n) is 4.68. The van der Waals surface area contributed by atoms with E-state index in [1.807, 2.05) is 0 Å². The first-order valence-electron chi connectivity index (χ1n) is 9.93. The Kier molecular flexibility index (Phi) is 8.96. The monoisotopic (exact) mass is 462 g/mol. The van der Waals surface area contributed by atoms with Gasteiger partial charge in [0.2, 0.25) is 5.91 Å². The quantitative estimate of drug-likeness (QED) is 0.409. The second kappa shape index (κ2) is 11.2. The van der Waals surface area contributed by atoms with Gasteiger partial charge in [0, 0.05) is 30.0 Å². The van der Waals surface area contributed by atoms with Crippen LogP contribution < -0.4 is 16.0 Å². The average molecular weight is 462 g/mol. The average Bonchev–Trinajstić information content (AvgIpc) is 2.67. The van der Waals surface area contributed by atoms with Crippen molar-refractivity contribution in [3.05, 3.63) is 23.8 Å². The Balaban J connectivity index is 2.32. The topological polar surface area (TPSA) is 105 Å². The Labute approximate surface area is 182 Å². The van der Waals surface area contributed by atoms with E-state index < -0.39 is 48.7 Å². The summed E-state index contributed by atoms with van der Waals surface area (Å²) in [4.78, 5) is 38.9. The summed E-state index contributed by atoms with van der Waals surface area (Å²) >= 11 is 0. The molecule has 1 fully saturated rings. The van der Waals surface area contributed by atoms with E-state index in [1.165, 1.54) is 11.0 Å². The van der Waals surface area contributed by atoms with Crippen LogP contribution in [0.3, 0.4) is 0 Å². The molecule has 0 spiro atoms. The van der Waals surface area contributed by atoms with Gasteiger partial charge in [-0.2, -0.15) is 0 Å². The van der Waals surface area contributed by atoms with E-state index in [2.05, 4.69) is 5.32 Å².